The molecule has 136 valence electrons. The van der Waals surface area contributed by atoms with Crippen molar-refractivity contribution in [2.45, 2.75) is 44.9 Å². The summed E-state index contributed by atoms with van der Waals surface area (Å²) in [6.45, 7) is 4.76. The lowest BCUT2D eigenvalue weighted by Gasteiger charge is -2.40. The molecule has 0 bridgehead atoms. The zero-order valence-electron chi connectivity index (χ0n) is 15.5. The van der Waals surface area contributed by atoms with Gasteiger partial charge in [0.1, 0.15) is 0 Å². The first kappa shape index (κ1) is 18.2. The number of carbonyl (C=O) groups excluding carboxylic acids is 2. The normalized spacial score (nSPS) is 15.0. The van der Waals surface area contributed by atoms with Gasteiger partial charge in [-0.1, -0.05) is 43.2 Å². The lowest BCUT2D eigenvalue weighted by atomic mass is 9.64. The van der Waals surface area contributed by atoms with E-state index in [0.29, 0.717) is 12.1 Å². The Balaban J connectivity index is 1.70. The second-order valence-corrected chi connectivity index (χ2v) is 7.09. The van der Waals surface area contributed by atoms with Crippen LogP contribution in [-0.4, -0.2) is 18.4 Å². The second-order valence-electron chi connectivity index (χ2n) is 7.09. The molecule has 1 fully saturated rings. The summed E-state index contributed by atoms with van der Waals surface area (Å²) >= 11 is 0. The van der Waals surface area contributed by atoms with Crippen LogP contribution in [0.15, 0.2) is 48.5 Å². The molecule has 3 rings (SSSR count). The Kier molecular flexibility index (Phi) is 5.40. The zero-order valence-corrected chi connectivity index (χ0v) is 15.5. The molecule has 2 amide bonds. The van der Waals surface area contributed by atoms with Gasteiger partial charge in [-0.3, -0.25) is 9.59 Å². The van der Waals surface area contributed by atoms with Gasteiger partial charge in [-0.25, -0.2) is 0 Å². The molecular formula is C22H26N2O2. The van der Waals surface area contributed by atoms with Crippen LogP contribution in [0.25, 0.3) is 0 Å². The van der Waals surface area contributed by atoms with Crippen LogP contribution in [0.3, 0.4) is 0 Å². The van der Waals surface area contributed by atoms with Crippen LogP contribution in [0.4, 0.5) is 5.69 Å². The molecule has 0 atom stereocenters. The maximum Gasteiger partial charge on any atom is 0.255 e. The monoisotopic (exact) mass is 350 g/mol. The van der Waals surface area contributed by atoms with Crippen LogP contribution in [0.5, 0.6) is 0 Å². The summed E-state index contributed by atoms with van der Waals surface area (Å²) in [7, 11) is 0. The molecule has 0 heterocycles. The Morgan fingerprint density at radius 3 is 2.19 bits per heavy atom. The van der Waals surface area contributed by atoms with Crippen LogP contribution >= 0.6 is 0 Å². The van der Waals surface area contributed by atoms with E-state index < -0.39 is 5.41 Å². The quantitative estimate of drug-likeness (QED) is 0.820. The lowest BCUT2D eigenvalue weighted by Crippen LogP contribution is -2.49. The maximum absolute atomic E-state index is 12.6. The first-order chi connectivity index (χ1) is 12.5. The Morgan fingerprint density at radius 1 is 1.00 bits per heavy atom. The summed E-state index contributed by atoms with van der Waals surface area (Å²) in [5, 5.41) is 5.95. The molecule has 0 aromatic heterocycles. The molecule has 26 heavy (non-hydrogen) atoms. The number of nitrogens with one attached hydrogen (secondary N) is 2. The van der Waals surface area contributed by atoms with Gasteiger partial charge in [0.25, 0.3) is 5.91 Å². The highest BCUT2D eigenvalue weighted by atomic mass is 16.2. The Labute approximate surface area is 155 Å². The Hall–Kier alpha value is -2.62. The standard InChI is InChI=1S/C22H26N2O2/c1-3-15-23-21(26)22(13-4-14-22)18-9-11-19(12-10-18)24-20(25)17-7-5-16(2)6-8-17/h5-12H,3-4,13-15H2,1-2H3,(H,23,26)(H,24,25). The van der Waals surface area contributed by atoms with E-state index in [4.69, 9.17) is 0 Å². The van der Waals surface area contributed by atoms with Gasteiger partial charge < -0.3 is 10.6 Å². The summed E-state index contributed by atoms with van der Waals surface area (Å²) in [5.74, 6) is -0.00108. The highest BCUT2D eigenvalue weighted by Gasteiger charge is 2.45. The molecule has 2 aromatic carbocycles. The van der Waals surface area contributed by atoms with Gasteiger partial charge in [0.2, 0.25) is 5.91 Å². The molecule has 4 nitrogen and oxygen atoms in total. The van der Waals surface area contributed by atoms with E-state index in [1.807, 2.05) is 55.5 Å². The predicted octanol–water partition coefficient (Wildman–Crippen LogP) is 4.20. The number of aryl methyl sites for hydroxylation is 1. The summed E-state index contributed by atoms with van der Waals surface area (Å²) in [4.78, 5) is 24.9. The van der Waals surface area contributed by atoms with E-state index in [0.717, 1.165) is 42.5 Å². The molecule has 2 aromatic rings. The number of benzene rings is 2. The van der Waals surface area contributed by atoms with Gasteiger partial charge in [-0.15, -0.1) is 0 Å². The largest absolute Gasteiger partial charge is 0.355 e. The van der Waals surface area contributed by atoms with E-state index in [1.165, 1.54) is 0 Å². The molecule has 4 heteroatoms. The van der Waals surface area contributed by atoms with Crippen molar-refractivity contribution in [2.75, 3.05) is 11.9 Å². The summed E-state index contributed by atoms with van der Waals surface area (Å²) in [6.07, 6.45) is 3.78. The molecule has 1 aliphatic carbocycles. The van der Waals surface area contributed by atoms with Gasteiger partial charge in [0.05, 0.1) is 5.41 Å². The van der Waals surface area contributed by atoms with E-state index >= 15 is 0 Å². The number of carbonyl (C=O) groups is 2. The predicted molar refractivity (Wildman–Crippen MR) is 104 cm³/mol. The summed E-state index contributed by atoms with van der Waals surface area (Å²) < 4.78 is 0. The van der Waals surface area contributed by atoms with Crippen LogP contribution in [-0.2, 0) is 10.2 Å². The molecule has 0 aliphatic heterocycles. The summed E-state index contributed by atoms with van der Waals surface area (Å²) in [6, 6.07) is 15.2. The van der Waals surface area contributed by atoms with Gasteiger partial charge in [-0.05, 0) is 56.0 Å². The minimum atomic E-state index is -0.394. The number of amides is 2. The highest BCUT2D eigenvalue weighted by molar-refractivity contribution is 6.04. The first-order valence-electron chi connectivity index (χ1n) is 9.32. The van der Waals surface area contributed by atoms with E-state index in [2.05, 4.69) is 17.6 Å². The van der Waals surface area contributed by atoms with Crippen LogP contribution < -0.4 is 10.6 Å². The average molecular weight is 350 g/mol. The van der Waals surface area contributed by atoms with Crippen molar-refractivity contribution in [3.8, 4) is 0 Å². The van der Waals surface area contributed by atoms with E-state index in [1.54, 1.807) is 0 Å². The van der Waals surface area contributed by atoms with E-state index in [-0.39, 0.29) is 11.8 Å². The van der Waals surface area contributed by atoms with Crippen molar-refractivity contribution in [3.63, 3.8) is 0 Å². The Bertz CT molecular complexity index is 775. The third kappa shape index (κ3) is 3.64. The van der Waals surface area contributed by atoms with Gasteiger partial charge >= 0.3 is 0 Å². The van der Waals surface area contributed by atoms with Crippen LogP contribution in [0.2, 0.25) is 0 Å². The zero-order chi connectivity index (χ0) is 18.6. The van der Waals surface area contributed by atoms with E-state index in [9.17, 15) is 9.59 Å². The smallest absolute Gasteiger partial charge is 0.255 e. The second kappa shape index (κ2) is 7.73. The molecule has 1 aliphatic rings. The minimum absolute atomic E-state index is 0.127. The number of hydrogen-bond acceptors (Lipinski definition) is 2. The topological polar surface area (TPSA) is 58.2 Å². The highest BCUT2D eigenvalue weighted by Crippen LogP contribution is 2.44. The molecule has 0 spiro atoms. The van der Waals surface area contributed by atoms with Crippen molar-refractivity contribution in [2.24, 2.45) is 0 Å². The number of hydrogen-bond donors (Lipinski definition) is 2. The first-order valence-corrected chi connectivity index (χ1v) is 9.32. The van der Waals surface area contributed by atoms with Crippen molar-refractivity contribution in [3.05, 3.63) is 65.2 Å². The maximum atomic E-state index is 12.6. The van der Waals surface area contributed by atoms with Gasteiger partial charge in [0, 0.05) is 17.8 Å². The summed E-state index contributed by atoms with van der Waals surface area (Å²) in [5.41, 5.74) is 3.13. The fourth-order valence-corrected chi connectivity index (χ4v) is 3.37. The fraction of sp³-hybridized carbons (Fsp3) is 0.364. The number of rotatable bonds is 6. The molecule has 0 saturated heterocycles. The van der Waals surface area contributed by atoms with Crippen molar-refractivity contribution < 1.29 is 9.59 Å². The molecule has 0 radical (unpaired) electrons. The number of anilines is 1. The lowest BCUT2D eigenvalue weighted by molar-refractivity contribution is -0.129. The third-order valence-electron chi connectivity index (χ3n) is 5.19. The molecule has 2 N–H and O–H groups in total. The van der Waals surface area contributed by atoms with Gasteiger partial charge in [-0.2, -0.15) is 0 Å². The SMILES string of the molecule is CCCNC(=O)C1(c2ccc(NC(=O)c3ccc(C)cc3)cc2)CCC1. The fourth-order valence-electron chi connectivity index (χ4n) is 3.37. The minimum Gasteiger partial charge on any atom is -0.355 e. The average Bonchev–Trinajstić information content (AvgIpc) is 2.61. The van der Waals surface area contributed by atoms with Gasteiger partial charge in [0.15, 0.2) is 0 Å². The molecular weight excluding hydrogens is 324 g/mol. The van der Waals surface area contributed by atoms with Crippen LogP contribution in [0.1, 0.15) is 54.1 Å². The van der Waals surface area contributed by atoms with Crippen molar-refractivity contribution >= 4 is 17.5 Å². The Morgan fingerprint density at radius 2 is 1.65 bits per heavy atom. The molecule has 1 saturated carbocycles. The van der Waals surface area contributed by atoms with Crippen LogP contribution in [0, 0.1) is 6.92 Å². The third-order valence-corrected chi connectivity index (χ3v) is 5.19. The van der Waals surface area contributed by atoms with Crippen molar-refractivity contribution in [1.82, 2.24) is 5.32 Å². The molecule has 0 unspecified atom stereocenters. The van der Waals surface area contributed by atoms with Crippen molar-refractivity contribution in [1.29, 1.82) is 0 Å².